The second kappa shape index (κ2) is 6.45. The molecule has 3 heterocycles. The van der Waals surface area contributed by atoms with Crippen LogP contribution in [0.3, 0.4) is 0 Å². The van der Waals surface area contributed by atoms with Crippen LogP contribution in [-0.4, -0.2) is 20.9 Å². The smallest absolute Gasteiger partial charge is 0.280 e. The van der Waals surface area contributed by atoms with Gasteiger partial charge in [0.05, 0.1) is 23.6 Å². The number of carbonyl (C=O) groups is 1. The Bertz CT molecular complexity index is 1000. The Morgan fingerprint density at radius 2 is 2.04 bits per heavy atom. The summed E-state index contributed by atoms with van der Waals surface area (Å²) in [7, 11) is 0. The number of rotatable bonds is 4. The number of fused-ring (bicyclic) bond motifs is 1. The van der Waals surface area contributed by atoms with Crippen LogP contribution in [0, 0.1) is 6.92 Å². The molecular weight excluding hydrogens is 336 g/mol. The van der Waals surface area contributed by atoms with Crippen LogP contribution in [0.1, 0.15) is 21.3 Å². The Balaban J connectivity index is 1.44. The first-order chi connectivity index (χ1) is 12.2. The molecule has 124 valence electrons. The maximum atomic E-state index is 12.2. The van der Waals surface area contributed by atoms with Gasteiger partial charge in [-0.1, -0.05) is 29.8 Å². The molecular formula is C18H14N4O2S. The van der Waals surface area contributed by atoms with Gasteiger partial charge in [0.15, 0.2) is 10.8 Å². The third-order valence-electron chi connectivity index (χ3n) is 3.67. The number of pyridine rings is 1. The molecule has 7 heteroatoms. The van der Waals surface area contributed by atoms with Crippen molar-refractivity contribution < 1.29 is 9.21 Å². The summed E-state index contributed by atoms with van der Waals surface area (Å²) in [6, 6.07) is 9.83. The average molecular weight is 350 g/mol. The zero-order valence-corrected chi connectivity index (χ0v) is 14.2. The lowest BCUT2D eigenvalue weighted by atomic mass is 10.1. The van der Waals surface area contributed by atoms with Gasteiger partial charge >= 0.3 is 0 Å². The van der Waals surface area contributed by atoms with E-state index in [2.05, 4.69) is 20.3 Å². The number of carbonyl (C=O) groups excluding carboxylic acids is 1. The van der Waals surface area contributed by atoms with Crippen LogP contribution >= 0.6 is 11.3 Å². The van der Waals surface area contributed by atoms with Crippen LogP contribution in [0.2, 0.25) is 0 Å². The van der Waals surface area contributed by atoms with Crippen LogP contribution in [-0.2, 0) is 6.54 Å². The Morgan fingerprint density at radius 1 is 1.20 bits per heavy atom. The summed E-state index contributed by atoms with van der Waals surface area (Å²) in [6.45, 7) is 2.24. The molecule has 1 aromatic carbocycles. The van der Waals surface area contributed by atoms with Gasteiger partial charge < -0.3 is 9.73 Å². The van der Waals surface area contributed by atoms with Gasteiger partial charge in [-0.05, 0) is 13.0 Å². The minimum absolute atomic E-state index is 0.207. The van der Waals surface area contributed by atoms with Crippen LogP contribution < -0.4 is 5.32 Å². The van der Waals surface area contributed by atoms with Crippen molar-refractivity contribution in [3.63, 3.8) is 0 Å². The summed E-state index contributed by atoms with van der Waals surface area (Å²) in [5.41, 5.74) is 2.85. The van der Waals surface area contributed by atoms with Gasteiger partial charge in [-0.2, -0.15) is 0 Å². The topological polar surface area (TPSA) is 80.9 Å². The van der Waals surface area contributed by atoms with E-state index < -0.39 is 0 Å². The summed E-state index contributed by atoms with van der Waals surface area (Å²) in [4.78, 5) is 24.7. The van der Waals surface area contributed by atoms with Gasteiger partial charge in [0, 0.05) is 11.8 Å². The van der Waals surface area contributed by atoms with Crippen molar-refractivity contribution in [3.8, 4) is 11.3 Å². The van der Waals surface area contributed by atoms with E-state index >= 15 is 0 Å². The zero-order chi connectivity index (χ0) is 17.2. The highest BCUT2D eigenvalue weighted by atomic mass is 32.1. The second-order valence-corrected chi connectivity index (χ2v) is 6.56. The van der Waals surface area contributed by atoms with Crippen molar-refractivity contribution in [3.05, 3.63) is 65.4 Å². The summed E-state index contributed by atoms with van der Waals surface area (Å²) in [5, 5.41) is 3.18. The molecule has 0 saturated heterocycles. The zero-order valence-electron chi connectivity index (χ0n) is 13.4. The van der Waals surface area contributed by atoms with Crippen molar-refractivity contribution in [1.82, 2.24) is 20.3 Å². The van der Waals surface area contributed by atoms with E-state index in [1.165, 1.54) is 16.9 Å². The molecule has 0 unspecified atom stereocenters. The van der Waals surface area contributed by atoms with Gasteiger partial charge in [0.25, 0.3) is 5.91 Å². The number of oxazole rings is 1. The highest BCUT2D eigenvalue weighted by Crippen LogP contribution is 2.22. The van der Waals surface area contributed by atoms with Gasteiger partial charge in [-0.25, -0.2) is 9.97 Å². The molecule has 0 spiro atoms. The predicted molar refractivity (Wildman–Crippen MR) is 95.3 cm³/mol. The number of aromatic nitrogens is 3. The molecule has 0 bridgehead atoms. The van der Waals surface area contributed by atoms with Crippen molar-refractivity contribution in [1.29, 1.82) is 0 Å². The normalized spacial score (nSPS) is 10.9. The number of thiazole rings is 1. The Hall–Kier alpha value is -3.06. The lowest BCUT2D eigenvalue weighted by Gasteiger charge is -1.99. The van der Waals surface area contributed by atoms with Crippen molar-refractivity contribution >= 4 is 27.5 Å². The molecule has 0 radical (unpaired) electrons. The summed E-state index contributed by atoms with van der Waals surface area (Å²) in [6.07, 6.45) is 4.99. The fourth-order valence-corrected chi connectivity index (χ4v) is 3.20. The van der Waals surface area contributed by atoms with E-state index in [1.54, 1.807) is 18.6 Å². The summed E-state index contributed by atoms with van der Waals surface area (Å²) < 4.78 is 6.63. The molecule has 0 fully saturated rings. The minimum atomic E-state index is -0.253. The van der Waals surface area contributed by atoms with Crippen molar-refractivity contribution in [2.75, 3.05) is 0 Å². The van der Waals surface area contributed by atoms with Crippen LogP contribution in [0.25, 0.3) is 21.5 Å². The molecule has 25 heavy (non-hydrogen) atoms. The predicted octanol–water partition coefficient (Wildman–Crippen LogP) is 3.58. The van der Waals surface area contributed by atoms with Crippen LogP contribution in [0.4, 0.5) is 0 Å². The third-order valence-corrected chi connectivity index (χ3v) is 4.71. The molecule has 0 aliphatic heterocycles. The Labute approximate surface area is 147 Å². The van der Waals surface area contributed by atoms with Crippen LogP contribution in [0.15, 0.2) is 53.3 Å². The standard InChI is InChI=1S/C18H14N4O2S/c1-11-2-4-12(5-3-11)14-9-20-16(24-14)10-21-17(23)18-22-13-8-19-7-6-15(13)25-18/h2-9H,10H2,1H3,(H,21,23). The molecule has 3 aromatic heterocycles. The largest absolute Gasteiger partial charge is 0.439 e. The molecule has 0 aliphatic carbocycles. The van der Waals surface area contributed by atoms with Gasteiger partial charge in [0.1, 0.15) is 5.52 Å². The number of nitrogens with zero attached hydrogens (tertiary/aromatic N) is 3. The summed E-state index contributed by atoms with van der Waals surface area (Å²) in [5.74, 6) is 0.873. The lowest BCUT2D eigenvalue weighted by molar-refractivity contribution is 0.0947. The lowest BCUT2D eigenvalue weighted by Crippen LogP contribution is -2.22. The Kier molecular flexibility index (Phi) is 3.99. The molecule has 6 nitrogen and oxygen atoms in total. The molecule has 0 atom stereocenters. The number of hydrogen-bond acceptors (Lipinski definition) is 6. The molecule has 1 amide bonds. The Morgan fingerprint density at radius 3 is 2.84 bits per heavy atom. The number of nitrogens with one attached hydrogen (secondary N) is 1. The number of amides is 1. The highest BCUT2D eigenvalue weighted by molar-refractivity contribution is 7.20. The van der Waals surface area contributed by atoms with E-state index in [0.29, 0.717) is 16.7 Å². The minimum Gasteiger partial charge on any atom is -0.439 e. The number of hydrogen-bond donors (Lipinski definition) is 1. The monoisotopic (exact) mass is 350 g/mol. The average Bonchev–Trinajstić information content (AvgIpc) is 3.27. The third kappa shape index (κ3) is 3.27. The fraction of sp³-hybridized carbons (Fsp3) is 0.111. The van der Waals surface area contributed by atoms with E-state index in [1.807, 2.05) is 37.3 Å². The van der Waals surface area contributed by atoms with Gasteiger partial charge in [-0.15, -0.1) is 11.3 Å². The SMILES string of the molecule is Cc1ccc(-c2cnc(CNC(=O)c3nc4cnccc4s3)o2)cc1. The maximum absolute atomic E-state index is 12.2. The first-order valence-corrected chi connectivity index (χ1v) is 8.51. The van der Waals surface area contributed by atoms with E-state index in [9.17, 15) is 4.79 Å². The number of aryl methyl sites for hydroxylation is 1. The van der Waals surface area contributed by atoms with E-state index in [0.717, 1.165) is 15.8 Å². The van der Waals surface area contributed by atoms with E-state index in [-0.39, 0.29) is 12.5 Å². The molecule has 1 N–H and O–H groups in total. The first-order valence-electron chi connectivity index (χ1n) is 7.69. The van der Waals surface area contributed by atoms with Crippen LogP contribution in [0.5, 0.6) is 0 Å². The van der Waals surface area contributed by atoms with Crippen molar-refractivity contribution in [2.24, 2.45) is 0 Å². The van der Waals surface area contributed by atoms with Crippen molar-refractivity contribution in [2.45, 2.75) is 13.5 Å². The van der Waals surface area contributed by atoms with Gasteiger partial charge in [-0.3, -0.25) is 9.78 Å². The molecule has 4 rings (SSSR count). The van der Waals surface area contributed by atoms with E-state index in [4.69, 9.17) is 4.42 Å². The highest BCUT2D eigenvalue weighted by Gasteiger charge is 2.13. The first kappa shape index (κ1) is 15.5. The summed E-state index contributed by atoms with van der Waals surface area (Å²) >= 11 is 1.33. The molecule has 0 saturated carbocycles. The second-order valence-electron chi connectivity index (χ2n) is 5.53. The van der Waals surface area contributed by atoms with Gasteiger partial charge in [0.2, 0.25) is 5.89 Å². The number of benzene rings is 1. The molecule has 4 aromatic rings. The fourth-order valence-electron chi connectivity index (χ4n) is 2.35. The maximum Gasteiger partial charge on any atom is 0.280 e. The quantitative estimate of drug-likeness (QED) is 0.608. The molecule has 0 aliphatic rings.